The number of ether oxygens (including phenoxy) is 1. The number of aromatic nitrogens is 1. The molecular weight excluding hydrogens is 302 g/mol. The number of nitrogens with zero attached hydrogens (tertiary/aromatic N) is 1. The predicted octanol–water partition coefficient (Wildman–Crippen LogP) is 1.98. The van der Waals surface area contributed by atoms with Crippen molar-refractivity contribution in [2.45, 2.75) is 18.1 Å². The van der Waals surface area contributed by atoms with Crippen molar-refractivity contribution in [1.29, 1.82) is 0 Å². The second-order valence-corrected chi connectivity index (χ2v) is 6.73. The van der Waals surface area contributed by atoms with Crippen LogP contribution < -0.4 is 0 Å². The molecule has 0 spiro atoms. The van der Waals surface area contributed by atoms with Crippen molar-refractivity contribution in [1.82, 2.24) is 4.98 Å². The normalized spacial score (nSPS) is 14.3. The van der Waals surface area contributed by atoms with Crippen molar-refractivity contribution >= 4 is 27.4 Å². The van der Waals surface area contributed by atoms with Crippen LogP contribution >= 0.6 is 11.6 Å². The zero-order valence-electron chi connectivity index (χ0n) is 11.2. The molecule has 0 aliphatic heterocycles. The first-order valence-electron chi connectivity index (χ1n) is 5.90. The highest BCUT2D eigenvalue weighted by Gasteiger charge is 2.37. The summed E-state index contributed by atoms with van der Waals surface area (Å²) in [5.41, 5.74) is 0.535. The average Bonchev–Trinajstić information content (AvgIpc) is 2.35. The Bertz CT molecular complexity index is 583. The van der Waals surface area contributed by atoms with Crippen molar-refractivity contribution < 1.29 is 17.9 Å². The largest absolute Gasteiger partial charge is 0.465 e. The van der Waals surface area contributed by atoms with Gasteiger partial charge in [0.25, 0.3) is 0 Å². The Hall–Kier alpha value is -1.40. The predicted molar refractivity (Wildman–Crippen MR) is 77.4 cm³/mol. The SMILES string of the molecule is C=CC(c1ccc(Cl)nc1)C(C(=O)OCC)S(C)(=O)=O. The lowest BCUT2D eigenvalue weighted by Crippen LogP contribution is -2.36. The standard InChI is InChI=1S/C13H16ClNO4S/c1-4-10(9-6-7-11(14)15-8-9)12(20(3,17)18)13(16)19-5-2/h4,6-8,10,12H,1,5H2,2-3H3. The van der Waals surface area contributed by atoms with Gasteiger partial charge in [-0.25, -0.2) is 13.4 Å². The van der Waals surface area contributed by atoms with E-state index in [1.165, 1.54) is 18.3 Å². The Kier molecular flexibility index (Phi) is 5.71. The number of esters is 1. The minimum absolute atomic E-state index is 0.105. The van der Waals surface area contributed by atoms with Gasteiger partial charge in [-0.2, -0.15) is 0 Å². The number of sulfone groups is 1. The maximum absolute atomic E-state index is 11.9. The number of hydrogen-bond donors (Lipinski definition) is 0. The monoisotopic (exact) mass is 317 g/mol. The summed E-state index contributed by atoms with van der Waals surface area (Å²) in [6, 6.07) is 3.14. The lowest BCUT2D eigenvalue weighted by atomic mass is 9.97. The van der Waals surface area contributed by atoms with Gasteiger partial charge < -0.3 is 4.74 Å². The summed E-state index contributed by atoms with van der Waals surface area (Å²) < 4.78 is 28.6. The van der Waals surface area contributed by atoms with Gasteiger partial charge in [-0.3, -0.25) is 4.79 Å². The molecule has 0 amide bonds. The summed E-state index contributed by atoms with van der Waals surface area (Å²) in [4.78, 5) is 15.8. The summed E-state index contributed by atoms with van der Waals surface area (Å²) in [5.74, 6) is -1.54. The Labute approximate surface area is 123 Å². The van der Waals surface area contributed by atoms with Gasteiger partial charge >= 0.3 is 5.97 Å². The Morgan fingerprint density at radius 1 is 1.55 bits per heavy atom. The Morgan fingerprint density at radius 3 is 2.60 bits per heavy atom. The van der Waals surface area contributed by atoms with Crippen LogP contribution in [0.4, 0.5) is 0 Å². The molecule has 0 aliphatic rings. The molecule has 0 aromatic carbocycles. The third-order valence-electron chi connectivity index (χ3n) is 2.70. The minimum atomic E-state index is -3.66. The Morgan fingerprint density at radius 2 is 2.20 bits per heavy atom. The van der Waals surface area contributed by atoms with Crippen molar-refractivity contribution in [3.63, 3.8) is 0 Å². The van der Waals surface area contributed by atoms with Crippen LogP contribution in [0.15, 0.2) is 31.0 Å². The summed E-state index contributed by atoms with van der Waals surface area (Å²) in [7, 11) is -3.66. The van der Waals surface area contributed by atoms with Crippen molar-refractivity contribution in [2.24, 2.45) is 0 Å². The van der Waals surface area contributed by atoms with E-state index in [-0.39, 0.29) is 11.8 Å². The molecule has 0 fully saturated rings. The number of pyridine rings is 1. The number of hydrogen-bond acceptors (Lipinski definition) is 5. The lowest BCUT2D eigenvalue weighted by Gasteiger charge is -2.21. The average molecular weight is 318 g/mol. The highest BCUT2D eigenvalue weighted by Crippen LogP contribution is 2.27. The fourth-order valence-electron chi connectivity index (χ4n) is 1.83. The molecule has 2 atom stereocenters. The fourth-order valence-corrected chi connectivity index (χ4v) is 3.16. The van der Waals surface area contributed by atoms with Gasteiger partial charge in [-0.05, 0) is 18.6 Å². The minimum Gasteiger partial charge on any atom is -0.465 e. The van der Waals surface area contributed by atoms with Crippen LogP contribution in [0.1, 0.15) is 18.4 Å². The Balaban J connectivity index is 3.25. The lowest BCUT2D eigenvalue weighted by molar-refractivity contribution is -0.142. The highest BCUT2D eigenvalue weighted by molar-refractivity contribution is 7.92. The van der Waals surface area contributed by atoms with Crippen LogP contribution in [0.3, 0.4) is 0 Å². The van der Waals surface area contributed by atoms with Crippen molar-refractivity contribution in [2.75, 3.05) is 12.9 Å². The number of carbonyl (C=O) groups is 1. The molecule has 20 heavy (non-hydrogen) atoms. The van der Waals surface area contributed by atoms with Gasteiger partial charge in [0.2, 0.25) is 0 Å². The first-order chi connectivity index (χ1) is 9.31. The molecular formula is C13H16ClNO4S. The zero-order valence-corrected chi connectivity index (χ0v) is 12.8. The van der Waals surface area contributed by atoms with E-state index < -0.39 is 27.0 Å². The van der Waals surface area contributed by atoms with Crippen LogP contribution in [-0.2, 0) is 19.4 Å². The van der Waals surface area contributed by atoms with E-state index in [0.717, 1.165) is 6.26 Å². The van der Waals surface area contributed by atoms with E-state index in [0.29, 0.717) is 5.56 Å². The van der Waals surface area contributed by atoms with E-state index in [9.17, 15) is 13.2 Å². The van der Waals surface area contributed by atoms with Crippen LogP contribution in [0.5, 0.6) is 0 Å². The number of halogens is 1. The molecule has 2 unspecified atom stereocenters. The topological polar surface area (TPSA) is 73.3 Å². The third kappa shape index (κ3) is 4.05. The molecule has 0 bridgehead atoms. The molecule has 7 heteroatoms. The van der Waals surface area contributed by atoms with E-state index >= 15 is 0 Å². The first-order valence-corrected chi connectivity index (χ1v) is 8.24. The summed E-state index contributed by atoms with van der Waals surface area (Å²) in [5, 5.41) is -1.06. The van der Waals surface area contributed by atoms with Gasteiger partial charge in [0.15, 0.2) is 15.1 Å². The molecule has 0 N–H and O–H groups in total. The van der Waals surface area contributed by atoms with Crippen LogP contribution in [0, 0.1) is 0 Å². The number of allylic oxidation sites excluding steroid dienone is 1. The third-order valence-corrected chi connectivity index (χ3v) is 4.33. The fraction of sp³-hybridized carbons (Fsp3) is 0.385. The molecule has 0 radical (unpaired) electrons. The van der Waals surface area contributed by atoms with Gasteiger partial charge in [0, 0.05) is 18.4 Å². The van der Waals surface area contributed by atoms with E-state index in [1.807, 2.05) is 0 Å². The smallest absolute Gasteiger partial charge is 0.325 e. The van der Waals surface area contributed by atoms with E-state index in [4.69, 9.17) is 16.3 Å². The molecule has 5 nitrogen and oxygen atoms in total. The van der Waals surface area contributed by atoms with Crippen molar-refractivity contribution in [3.8, 4) is 0 Å². The molecule has 0 saturated heterocycles. The van der Waals surface area contributed by atoms with Crippen LogP contribution in [0.2, 0.25) is 5.15 Å². The van der Waals surface area contributed by atoms with Gasteiger partial charge in [-0.1, -0.05) is 23.7 Å². The molecule has 1 aromatic rings. The maximum Gasteiger partial charge on any atom is 0.325 e. The second-order valence-electron chi connectivity index (χ2n) is 4.18. The molecule has 1 heterocycles. The van der Waals surface area contributed by atoms with Crippen LogP contribution in [-0.4, -0.2) is 37.5 Å². The van der Waals surface area contributed by atoms with Crippen molar-refractivity contribution in [3.05, 3.63) is 41.7 Å². The second kappa shape index (κ2) is 6.85. The van der Waals surface area contributed by atoms with Gasteiger partial charge in [0.1, 0.15) is 5.15 Å². The quantitative estimate of drug-likeness (QED) is 0.455. The van der Waals surface area contributed by atoms with Crippen LogP contribution in [0.25, 0.3) is 0 Å². The molecule has 0 saturated carbocycles. The molecule has 1 rings (SSSR count). The summed E-state index contributed by atoms with van der Waals surface area (Å²) in [6.07, 6.45) is 3.81. The van der Waals surface area contributed by atoms with E-state index in [2.05, 4.69) is 11.6 Å². The number of carbonyl (C=O) groups excluding carboxylic acids is 1. The maximum atomic E-state index is 11.9. The summed E-state index contributed by atoms with van der Waals surface area (Å²) in [6.45, 7) is 5.32. The van der Waals surface area contributed by atoms with E-state index in [1.54, 1.807) is 13.0 Å². The highest BCUT2D eigenvalue weighted by atomic mass is 35.5. The number of rotatable bonds is 6. The first kappa shape index (κ1) is 16.7. The van der Waals surface area contributed by atoms with Gasteiger partial charge in [0.05, 0.1) is 6.61 Å². The molecule has 0 aliphatic carbocycles. The molecule has 1 aromatic heterocycles. The zero-order chi connectivity index (χ0) is 15.3. The van der Waals surface area contributed by atoms with Gasteiger partial charge in [-0.15, -0.1) is 6.58 Å². The summed E-state index contributed by atoms with van der Waals surface area (Å²) >= 11 is 5.69. The molecule has 110 valence electrons.